The molecule has 0 heterocycles. The van der Waals surface area contributed by atoms with Gasteiger partial charge in [0.05, 0.1) is 13.2 Å². The van der Waals surface area contributed by atoms with Crippen molar-refractivity contribution >= 4 is 6.03 Å². The molecule has 0 saturated heterocycles. The molecule has 1 atom stereocenters. The lowest BCUT2D eigenvalue weighted by molar-refractivity contribution is 0.229. The molecule has 4 nitrogen and oxygen atoms in total. The summed E-state index contributed by atoms with van der Waals surface area (Å²) < 4.78 is 5.18. The van der Waals surface area contributed by atoms with Crippen LogP contribution in [0.15, 0.2) is 24.3 Å². The third-order valence-electron chi connectivity index (χ3n) is 4.12. The average molecular weight is 290 g/mol. The summed E-state index contributed by atoms with van der Waals surface area (Å²) >= 11 is 0. The van der Waals surface area contributed by atoms with E-state index in [1.165, 1.54) is 12.8 Å². The van der Waals surface area contributed by atoms with Crippen LogP contribution in [0.25, 0.3) is 0 Å². The molecule has 0 radical (unpaired) electrons. The quantitative estimate of drug-likeness (QED) is 0.870. The van der Waals surface area contributed by atoms with Crippen LogP contribution in [-0.2, 0) is 0 Å². The Labute approximate surface area is 127 Å². The molecule has 1 aliphatic carbocycles. The number of hydrogen-bond acceptors (Lipinski definition) is 2. The predicted octanol–water partition coefficient (Wildman–Crippen LogP) is 3.63. The smallest absolute Gasteiger partial charge is 0.315 e. The van der Waals surface area contributed by atoms with Gasteiger partial charge in [-0.2, -0.15) is 0 Å². The van der Waals surface area contributed by atoms with Gasteiger partial charge in [-0.1, -0.05) is 38.8 Å². The van der Waals surface area contributed by atoms with Crippen molar-refractivity contribution in [2.24, 2.45) is 5.92 Å². The second kappa shape index (κ2) is 7.34. The minimum Gasteiger partial charge on any atom is -0.497 e. The van der Waals surface area contributed by atoms with Crippen molar-refractivity contribution in [1.29, 1.82) is 0 Å². The zero-order valence-corrected chi connectivity index (χ0v) is 13.2. The first-order valence-electron chi connectivity index (χ1n) is 7.81. The first-order valence-corrected chi connectivity index (χ1v) is 7.81. The molecule has 21 heavy (non-hydrogen) atoms. The number of carbonyl (C=O) groups is 1. The van der Waals surface area contributed by atoms with Crippen LogP contribution < -0.4 is 15.4 Å². The van der Waals surface area contributed by atoms with Crippen LogP contribution in [0, 0.1) is 5.92 Å². The van der Waals surface area contributed by atoms with Crippen LogP contribution in [0.1, 0.15) is 51.1 Å². The van der Waals surface area contributed by atoms with Crippen molar-refractivity contribution in [3.05, 3.63) is 29.8 Å². The molecule has 0 aliphatic heterocycles. The fourth-order valence-corrected chi connectivity index (χ4v) is 2.88. The van der Waals surface area contributed by atoms with Gasteiger partial charge in [0.1, 0.15) is 5.75 Å². The molecule has 2 rings (SSSR count). The Morgan fingerprint density at radius 3 is 2.33 bits per heavy atom. The van der Waals surface area contributed by atoms with E-state index in [4.69, 9.17) is 4.74 Å². The van der Waals surface area contributed by atoms with Gasteiger partial charge in [0.2, 0.25) is 0 Å². The SMILES string of the molecule is COc1ccc([C@@H](NC(=O)NC2CCCC2)C(C)C)cc1. The van der Waals surface area contributed by atoms with E-state index < -0.39 is 0 Å². The molecule has 116 valence electrons. The lowest BCUT2D eigenvalue weighted by atomic mass is 9.96. The van der Waals surface area contributed by atoms with E-state index in [0.29, 0.717) is 12.0 Å². The number of methoxy groups -OCH3 is 1. The summed E-state index contributed by atoms with van der Waals surface area (Å²) in [6.07, 6.45) is 4.64. The van der Waals surface area contributed by atoms with Gasteiger partial charge in [0, 0.05) is 6.04 Å². The summed E-state index contributed by atoms with van der Waals surface area (Å²) in [7, 11) is 1.65. The van der Waals surface area contributed by atoms with Crippen LogP contribution in [-0.4, -0.2) is 19.2 Å². The lowest BCUT2D eigenvalue weighted by Crippen LogP contribution is -2.43. The summed E-state index contributed by atoms with van der Waals surface area (Å²) in [6.45, 7) is 4.23. The number of carbonyl (C=O) groups excluding carboxylic acids is 1. The first-order chi connectivity index (χ1) is 10.1. The number of amides is 2. The molecule has 1 aromatic rings. The number of rotatable bonds is 5. The standard InChI is InChI=1S/C17H26N2O2/c1-12(2)16(13-8-10-15(21-3)11-9-13)19-17(20)18-14-6-4-5-7-14/h8-12,14,16H,4-7H2,1-3H3,(H2,18,19,20)/t16-/m0/s1. The monoisotopic (exact) mass is 290 g/mol. The van der Waals surface area contributed by atoms with Crippen LogP contribution >= 0.6 is 0 Å². The Balaban J connectivity index is 1.98. The molecule has 0 unspecified atom stereocenters. The van der Waals surface area contributed by atoms with E-state index >= 15 is 0 Å². The molecule has 4 heteroatoms. The number of hydrogen-bond donors (Lipinski definition) is 2. The third-order valence-corrected chi connectivity index (χ3v) is 4.12. The topological polar surface area (TPSA) is 50.4 Å². The van der Waals surface area contributed by atoms with Crippen molar-refractivity contribution in [2.75, 3.05) is 7.11 Å². The van der Waals surface area contributed by atoms with E-state index in [2.05, 4.69) is 24.5 Å². The highest BCUT2D eigenvalue weighted by atomic mass is 16.5. The second-order valence-electron chi connectivity index (χ2n) is 6.09. The molecule has 1 saturated carbocycles. The summed E-state index contributed by atoms with van der Waals surface area (Å²) in [6, 6.07) is 8.18. The molecule has 1 fully saturated rings. The fraction of sp³-hybridized carbons (Fsp3) is 0.588. The van der Waals surface area contributed by atoms with E-state index in [1.54, 1.807) is 7.11 Å². The zero-order valence-electron chi connectivity index (χ0n) is 13.2. The van der Waals surface area contributed by atoms with Crippen LogP contribution in [0.4, 0.5) is 4.79 Å². The molecule has 0 bridgehead atoms. The maximum absolute atomic E-state index is 12.2. The van der Waals surface area contributed by atoms with Crippen molar-refractivity contribution in [1.82, 2.24) is 10.6 Å². The molecule has 2 amide bonds. The highest BCUT2D eigenvalue weighted by Crippen LogP contribution is 2.24. The Morgan fingerprint density at radius 1 is 1.19 bits per heavy atom. The van der Waals surface area contributed by atoms with Crippen molar-refractivity contribution in [2.45, 2.75) is 51.6 Å². The van der Waals surface area contributed by atoms with Crippen molar-refractivity contribution < 1.29 is 9.53 Å². The normalized spacial score (nSPS) is 16.8. The number of benzene rings is 1. The summed E-state index contributed by atoms with van der Waals surface area (Å²) in [4.78, 5) is 12.2. The molecule has 0 aromatic heterocycles. The minimum atomic E-state index is -0.0589. The van der Waals surface area contributed by atoms with Crippen LogP contribution in [0.2, 0.25) is 0 Å². The molecular weight excluding hydrogens is 264 g/mol. The van der Waals surface area contributed by atoms with Gasteiger partial charge < -0.3 is 15.4 Å². The molecule has 2 N–H and O–H groups in total. The number of urea groups is 1. The van der Waals surface area contributed by atoms with E-state index in [1.807, 2.05) is 24.3 Å². The van der Waals surface area contributed by atoms with Gasteiger partial charge >= 0.3 is 6.03 Å². The maximum atomic E-state index is 12.2. The highest BCUT2D eigenvalue weighted by molar-refractivity contribution is 5.74. The third kappa shape index (κ3) is 4.38. The van der Waals surface area contributed by atoms with E-state index in [0.717, 1.165) is 24.2 Å². The van der Waals surface area contributed by atoms with Gasteiger partial charge in [0.15, 0.2) is 0 Å². The molecule has 1 aliphatic rings. The minimum absolute atomic E-state index is 0.0114. The Bertz CT molecular complexity index is 450. The largest absolute Gasteiger partial charge is 0.497 e. The zero-order chi connectivity index (χ0) is 15.2. The van der Waals surface area contributed by atoms with Gasteiger partial charge in [0.25, 0.3) is 0 Å². The lowest BCUT2D eigenvalue weighted by Gasteiger charge is -2.24. The number of nitrogens with one attached hydrogen (secondary N) is 2. The maximum Gasteiger partial charge on any atom is 0.315 e. The van der Waals surface area contributed by atoms with Gasteiger partial charge in [-0.15, -0.1) is 0 Å². The molecular formula is C17H26N2O2. The Kier molecular flexibility index (Phi) is 5.48. The molecule has 1 aromatic carbocycles. The second-order valence-corrected chi connectivity index (χ2v) is 6.09. The van der Waals surface area contributed by atoms with Gasteiger partial charge in [-0.25, -0.2) is 4.79 Å². The molecule has 0 spiro atoms. The van der Waals surface area contributed by atoms with E-state index in [9.17, 15) is 4.79 Å². The Morgan fingerprint density at radius 2 is 1.81 bits per heavy atom. The predicted molar refractivity (Wildman–Crippen MR) is 84.5 cm³/mol. The van der Waals surface area contributed by atoms with E-state index in [-0.39, 0.29) is 12.1 Å². The van der Waals surface area contributed by atoms with Gasteiger partial charge in [-0.05, 0) is 36.5 Å². The van der Waals surface area contributed by atoms with Crippen LogP contribution in [0.5, 0.6) is 5.75 Å². The summed E-state index contributed by atoms with van der Waals surface area (Å²) in [5, 5.41) is 6.19. The Hall–Kier alpha value is -1.71. The summed E-state index contributed by atoms with van der Waals surface area (Å²) in [5.41, 5.74) is 1.10. The van der Waals surface area contributed by atoms with Crippen molar-refractivity contribution in [3.63, 3.8) is 0 Å². The fourth-order valence-electron chi connectivity index (χ4n) is 2.88. The summed E-state index contributed by atoms with van der Waals surface area (Å²) in [5.74, 6) is 1.16. The van der Waals surface area contributed by atoms with Gasteiger partial charge in [-0.3, -0.25) is 0 Å². The average Bonchev–Trinajstić information content (AvgIpc) is 2.97. The first kappa shape index (κ1) is 15.7. The number of ether oxygens (including phenoxy) is 1. The van der Waals surface area contributed by atoms with Crippen LogP contribution in [0.3, 0.4) is 0 Å². The highest BCUT2D eigenvalue weighted by Gasteiger charge is 2.21. The van der Waals surface area contributed by atoms with Crippen molar-refractivity contribution in [3.8, 4) is 5.75 Å².